The molecular formula is C33H46N4O7. The van der Waals surface area contributed by atoms with Gasteiger partial charge in [-0.1, -0.05) is 12.2 Å². The largest absolute Gasteiger partial charge is 0.494 e. The Morgan fingerprint density at radius 2 is 1.80 bits per heavy atom. The molecule has 1 N–H and O–H groups in total. The molecule has 1 aromatic rings. The molecule has 4 saturated heterocycles. The molecule has 11 heteroatoms. The number of ether oxygens (including phenoxy) is 3. The van der Waals surface area contributed by atoms with E-state index in [4.69, 9.17) is 14.2 Å². The average Bonchev–Trinajstić information content (AvgIpc) is 3.59. The molecular weight excluding hydrogens is 564 g/mol. The normalized spacial score (nSPS) is 29.4. The molecule has 0 radical (unpaired) electrons. The number of hydrogen-bond donors (Lipinski definition) is 1. The summed E-state index contributed by atoms with van der Waals surface area (Å²) < 4.78 is 17.8. The van der Waals surface area contributed by atoms with E-state index < -0.39 is 29.1 Å². The third-order valence-electron chi connectivity index (χ3n) is 9.61. The predicted molar refractivity (Wildman–Crippen MR) is 165 cm³/mol. The molecule has 1 spiro atoms. The van der Waals surface area contributed by atoms with E-state index in [-0.39, 0.29) is 37.4 Å². The Kier molecular flexibility index (Phi) is 9.79. The lowest BCUT2D eigenvalue weighted by Gasteiger charge is -2.37. The number of benzene rings is 1. The lowest BCUT2D eigenvalue weighted by atomic mass is 9.66. The highest BCUT2D eigenvalue weighted by molar-refractivity contribution is 6.03. The number of carbonyl (C=O) groups excluding carboxylic acids is 3. The fourth-order valence-electron chi connectivity index (χ4n) is 7.65. The lowest BCUT2D eigenvalue weighted by molar-refractivity contribution is -0.151. The van der Waals surface area contributed by atoms with Gasteiger partial charge in [-0.2, -0.15) is 0 Å². The quantitative estimate of drug-likeness (QED) is 0.317. The second-order valence-electron chi connectivity index (χ2n) is 12.2. The van der Waals surface area contributed by atoms with E-state index in [1.807, 2.05) is 38.1 Å². The number of β-amino-alcohol motifs (C(OH)–C–C–N with tert-alkyl or cyclic N) is 1. The van der Waals surface area contributed by atoms with Crippen LogP contribution in [0.1, 0.15) is 26.7 Å². The molecule has 2 unspecified atom stereocenters. The first-order chi connectivity index (χ1) is 21.2. The monoisotopic (exact) mass is 610 g/mol. The van der Waals surface area contributed by atoms with Crippen molar-refractivity contribution in [3.8, 4) is 5.75 Å². The third-order valence-corrected chi connectivity index (χ3v) is 9.61. The number of aliphatic hydroxyl groups excluding tert-OH is 1. The van der Waals surface area contributed by atoms with Crippen molar-refractivity contribution in [1.29, 1.82) is 0 Å². The lowest BCUT2D eigenvalue weighted by Crippen LogP contribution is -2.57. The van der Waals surface area contributed by atoms with Crippen molar-refractivity contribution in [2.45, 2.75) is 43.9 Å². The number of fused-ring (bicyclic) bond motifs is 1. The molecule has 4 aliphatic heterocycles. The van der Waals surface area contributed by atoms with E-state index in [1.165, 1.54) is 4.90 Å². The Morgan fingerprint density at radius 3 is 2.43 bits per heavy atom. The summed E-state index contributed by atoms with van der Waals surface area (Å²) in [6.07, 6.45) is 4.34. The fraction of sp³-hybridized carbons (Fsp3) is 0.606. The van der Waals surface area contributed by atoms with Gasteiger partial charge in [0.25, 0.3) is 0 Å². The number of morpholine rings is 1. The maximum atomic E-state index is 14.5. The first-order valence-corrected chi connectivity index (χ1v) is 15.7. The second kappa shape index (κ2) is 13.4. The zero-order chi connectivity index (χ0) is 31.5. The summed E-state index contributed by atoms with van der Waals surface area (Å²) in [5, 5.41) is 9.99. The van der Waals surface area contributed by atoms with E-state index in [9.17, 15) is 19.5 Å². The van der Waals surface area contributed by atoms with Gasteiger partial charge in [0.1, 0.15) is 17.4 Å². The van der Waals surface area contributed by atoms with Crippen LogP contribution in [0.4, 0.5) is 5.69 Å². The van der Waals surface area contributed by atoms with Crippen LogP contribution < -0.4 is 9.64 Å². The number of likely N-dealkylation sites (tertiary alicyclic amines) is 1. The van der Waals surface area contributed by atoms with Crippen LogP contribution in [0.2, 0.25) is 0 Å². The number of amides is 3. The molecule has 4 fully saturated rings. The summed E-state index contributed by atoms with van der Waals surface area (Å²) in [6.45, 7) is 16.3. The van der Waals surface area contributed by atoms with E-state index >= 15 is 0 Å². The van der Waals surface area contributed by atoms with Crippen LogP contribution in [0.25, 0.3) is 0 Å². The van der Waals surface area contributed by atoms with Crippen LogP contribution >= 0.6 is 0 Å². The molecule has 1 aromatic carbocycles. The van der Waals surface area contributed by atoms with Gasteiger partial charge < -0.3 is 34.0 Å². The van der Waals surface area contributed by atoms with Crippen LogP contribution in [-0.2, 0) is 23.9 Å². The zero-order valence-electron chi connectivity index (χ0n) is 26.0. The Morgan fingerprint density at radius 1 is 1.09 bits per heavy atom. The smallest absolute Gasteiger partial charge is 0.248 e. The fourth-order valence-corrected chi connectivity index (χ4v) is 7.65. The van der Waals surface area contributed by atoms with Gasteiger partial charge in [-0.05, 0) is 51.0 Å². The molecule has 11 nitrogen and oxygen atoms in total. The van der Waals surface area contributed by atoms with Crippen molar-refractivity contribution in [2.75, 3.05) is 77.1 Å². The maximum absolute atomic E-state index is 14.5. The average molecular weight is 611 g/mol. The summed E-state index contributed by atoms with van der Waals surface area (Å²) in [7, 11) is 0. The minimum absolute atomic E-state index is 0.0187. The van der Waals surface area contributed by atoms with Crippen molar-refractivity contribution in [2.24, 2.45) is 11.8 Å². The van der Waals surface area contributed by atoms with Crippen molar-refractivity contribution in [3.05, 3.63) is 49.6 Å². The zero-order valence-corrected chi connectivity index (χ0v) is 26.0. The predicted octanol–water partition coefficient (Wildman–Crippen LogP) is 1.71. The molecule has 0 aliphatic carbocycles. The van der Waals surface area contributed by atoms with Gasteiger partial charge >= 0.3 is 0 Å². The van der Waals surface area contributed by atoms with Crippen LogP contribution in [0.3, 0.4) is 0 Å². The number of anilines is 1. The maximum Gasteiger partial charge on any atom is 0.248 e. The molecule has 4 aliphatic rings. The van der Waals surface area contributed by atoms with Crippen LogP contribution in [0, 0.1) is 11.8 Å². The molecule has 4 heterocycles. The highest BCUT2D eigenvalue weighted by atomic mass is 16.5. The topological polar surface area (TPSA) is 112 Å². The highest BCUT2D eigenvalue weighted by Gasteiger charge is 2.78. The Bertz CT molecular complexity index is 1230. The van der Waals surface area contributed by atoms with Gasteiger partial charge in [0.2, 0.25) is 17.7 Å². The van der Waals surface area contributed by atoms with E-state index in [1.54, 1.807) is 22.0 Å². The summed E-state index contributed by atoms with van der Waals surface area (Å²) >= 11 is 0. The van der Waals surface area contributed by atoms with Crippen molar-refractivity contribution in [1.82, 2.24) is 14.7 Å². The van der Waals surface area contributed by atoms with Crippen molar-refractivity contribution in [3.63, 3.8) is 0 Å². The Balaban J connectivity index is 1.46. The van der Waals surface area contributed by atoms with Crippen LogP contribution in [0.5, 0.6) is 5.75 Å². The van der Waals surface area contributed by atoms with Gasteiger partial charge in [0.15, 0.2) is 0 Å². The van der Waals surface area contributed by atoms with Gasteiger partial charge in [-0.15, -0.1) is 13.2 Å². The van der Waals surface area contributed by atoms with Crippen LogP contribution in [-0.4, -0.2) is 127 Å². The first-order valence-electron chi connectivity index (χ1n) is 15.7. The van der Waals surface area contributed by atoms with Crippen molar-refractivity contribution < 1.29 is 33.7 Å². The van der Waals surface area contributed by atoms with E-state index in [0.717, 1.165) is 13.1 Å². The van der Waals surface area contributed by atoms with E-state index in [0.29, 0.717) is 63.7 Å². The summed E-state index contributed by atoms with van der Waals surface area (Å²) in [4.78, 5) is 50.3. The molecule has 240 valence electrons. The van der Waals surface area contributed by atoms with Crippen molar-refractivity contribution >= 4 is 23.4 Å². The molecule has 2 bridgehead atoms. The molecule has 0 saturated carbocycles. The third kappa shape index (κ3) is 5.66. The SMILES string of the molecule is C=CCN(CCN1CCOCC1)C(=O)C1N(CCO)C(=O)[C@@H]2[C@@H](C(=O)N(CC=C)c3ccc(OCC)cc3)[C@@]3(C)CCC12O3. The summed E-state index contributed by atoms with van der Waals surface area (Å²) in [5.74, 6) is -1.78. The second-order valence-corrected chi connectivity index (χ2v) is 12.2. The minimum atomic E-state index is -1.17. The number of hydrogen-bond acceptors (Lipinski definition) is 8. The van der Waals surface area contributed by atoms with E-state index in [2.05, 4.69) is 18.1 Å². The Labute approximate surface area is 260 Å². The standard InChI is InChI=1S/C33H46N4O7/c1-5-14-35(17-16-34-19-22-42-23-20-34)31(41)28-33-13-12-32(4,44-33)26(27(33)30(40)37(28)18-21-38)29(39)36(15-6-2)24-8-10-25(11-9-24)43-7-3/h5-6,8-11,26-28,38H,1-2,7,12-23H2,3-4H3/t26-,27-,28?,32+,33?/m0/s1. The van der Waals surface area contributed by atoms with Gasteiger partial charge in [-0.3, -0.25) is 19.3 Å². The number of aliphatic hydroxyl groups is 1. The van der Waals surface area contributed by atoms with Gasteiger partial charge in [0, 0.05) is 51.5 Å². The van der Waals surface area contributed by atoms with Gasteiger partial charge in [0.05, 0.1) is 43.9 Å². The minimum Gasteiger partial charge on any atom is -0.494 e. The molecule has 0 aromatic heterocycles. The number of rotatable bonds is 14. The number of carbonyl (C=O) groups is 3. The molecule has 5 rings (SSSR count). The Hall–Kier alpha value is -3.25. The summed E-state index contributed by atoms with van der Waals surface area (Å²) in [6, 6.07) is 6.32. The molecule has 44 heavy (non-hydrogen) atoms. The molecule has 5 atom stereocenters. The molecule has 3 amide bonds. The number of nitrogens with zero attached hydrogens (tertiary/aromatic N) is 4. The highest BCUT2D eigenvalue weighted by Crippen LogP contribution is 2.63. The first kappa shape index (κ1) is 32.2. The van der Waals surface area contributed by atoms with Gasteiger partial charge in [-0.25, -0.2) is 0 Å². The summed E-state index contributed by atoms with van der Waals surface area (Å²) in [5.41, 5.74) is -1.44. The van der Waals surface area contributed by atoms with Crippen LogP contribution in [0.15, 0.2) is 49.6 Å².